The van der Waals surface area contributed by atoms with Crippen molar-refractivity contribution in [3.05, 3.63) is 107 Å². The van der Waals surface area contributed by atoms with Crippen LogP contribution in [-0.4, -0.2) is 155 Å². The fraction of sp³-hybridized carbons (Fsp3) is 0.510. The predicted octanol–water partition coefficient (Wildman–Crippen LogP) is 6.38. The maximum atomic E-state index is 13.4. The Morgan fingerprint density at radius 2 is 1.01 bits per heavy atom. The van der Waals surface area contributed by atoms with Gasteiger partial charge in [-0.1, -0.05) is 44.0 Å². The number of hydrogen-bond acceptors (Lipinski definition) is 18. The molecule has 22 heteroatoms. The monoisotopic (exact) mass is 1060 g/mol. The van der Waals surface area contributed by atoms with E-state index in [1.165, 1.54) is 39.0 Å². The van der Waals surface area contributed by atoms with Crippen molar-refractivity contribution in [2.45, 2.75) is 93.0 Å². The Bertz CT molecular complexity index is 2140. The zero-order valence-corrected chi connectivity index (χ0v) is 45.8. The number of likely N-dealkylation sites (tertiary alicyclic amines) is 1. The number of esters is 5. The van der Waals surface area contributed by atoms with Crippen molar-refractivity contribution in [3.8, 4) is 0 Å². The number of carbonyl (C=O) groups is 7. The molecule has 0 bridgehead atoms. The Labute approximate surface area is 431 Å². The van der Waals surface area contributed by atoms with Crippen molar-refractivity contribution < 1.29 is 83.8 Å². The van der Waals surface area contributed by atoms with Gasteiger partial charge in [0.1, 0.15) is 32.1 Å². The topological polar surface area (TPSA) is 236 Å². The first-order valence-electron chi connectivity index (χ1n) is 24.3. The van der Waals surface area contributed by atoms with Crippen LogP contribution in [0.2, 0.25) is 6.04 Å². The summed E-state index contributed by atoms with van der Waals surface area (Å²) in [5, 5.41) is 2.80. The summed E-state index contributed by atoms with van der Waals surface area (Å²) in [6.45, 7) is 28.5. The van der Waals surface area contributed by atoms with Gasteiger partial charge in [-0.2, -0.15) is 0 Å². The Hall–Kier alpha value is -5.86. The molecule has 0 spiro atoms. The minimum Gasteiger partial charge on any atom is -0.459 e. The Morgan fingerprint density at radius 3 is 1.45 bits per heavy atom. The molecular formula is C51H74N2O18Si2. The Morgan fingerprint density at radius 1 is 0.589 bits per heavy atom. The van der Waals surface area contributed by atoms with E-state index in [9.17, 15) is 33.6 Å². The highest BCUT2D eigenvalue weighted by molar-refractivity contribution is 6.63. The van der Waals surface area contributed by atoms with Crippen LogP contribution in [-0.2, 0) is 64.6 Å². The highest BCUT2D eigenvalue weighted by Crippen LogP contribution is 2.32. The largest absolute Gasteiger partial charge is 0.524 e. The molecular weight excluding hydrogens is 985 g/mol. The fourth-order valence-electron chi connectivity index (χ4n) is 6.86. The second-order valence-electron chi connectivity index (χ2n) is 16.0. The fourth-order valence-corrected chi connectivity index (χ4v) is 12.6. The van der Waals surface area contributed by atoms with Crippen LogP contribution in [0.4, 0.5) is 0 Å². The van der Waals surface area contributed by atoms with Crippen molar-refractivity contribution in [3.63, 3.8) is 0 Å². The molecule has 0 saturated carbocycles. The van der Waals surface area contributed by atoms with Crippen LogP contribution in [0, 0.1) is 0 Å². The molecule has 1 aliphatic heterocycles. The lowest BCUT2D eigenvalue weighted by Gasteiger charge is -2.47. The van der Waals surface area contributed by atoms with Crippen LogP contribution in [0.15, 0.2) is 85.0 Å². The number of ether oxygens (including phenoxy) is 5. The molecule has 1 saturated heterocycles. The molecule has 1 N–H and O–H groups in total. The molecule has 0 aromatic heterocycles. The maximum Gasteiger partial charge on any atom is 0.524 e. The quantitative estimate of drug-likeness (QED) is 0.0275. The Kier molecular flexibility index (Phi) is 28.6. The lowest BCUT2D eigenvalue weighted by molar-refractivity contribution is -0.148. The molecule has 2 amide bonds. The first-order chi connectivity index (χ1) is 34.8. The molecule has 2 aromatic carbocycles. The smallest absolute Gasteiger partial charge is 0.459 e. The van der Waals surface area contributed by atoms with Gasteiger partial charge in [0, 0.05) is 75.5 Å². The van der Waals surface area contributed by atoms with Crippen LogP contribution in [0.1, 0.15) is 117 Å². The predicted molar refractivity (Wildman–Crippen MR) is 272 cm³/mol. The third kappa shape index (κ3) is 20.2. The molecule has 1 fully saturated rings. The number of benzene rings is 2. The summed E-state index contributed by atoms with van der Waals surface area (Å²) in [4.78, 5) is 88.8. The summed E-state index contributed by atoms with van der Waals surface area (Å²) in [5.41, 5.74) is 0.664. The van der Waals surface area contributed by atoms with Gasteiger partial charge in [0.2, 0.25) is 0 Å². The van der Waals surface area contributed by atoms with Crippen molar-refractivity contribution >= 4 is 59.3 Å². The normalized spacial score (nSPS) is 13.1. The summed E-state index contributed by atoms with van der Waals surface area (Å²) in [6, 6.07) is 13.1. The van der Waals surface area contributed by atoms with Crippen LogP contribution in [0.5, 0.6) is 0 Å². The summed E-state index contributed by atoms with van der Waals surface area (Å²) in [7, 11) is -5.98. The average Bonchev–Trinajstić information content (AvgIpc) is 3.34. The van der Waals surface area contributed by atoms with E-state index in [4.69, 9.17) is 50.2 Å². The summed E-state index contributed by atoms with van der Waals surface area (Å²) < 4.78 is 61.2. The molecule has 2 aromatic rings. The van der Waals surface area contributed by atoms with Gasteiger partial charge in [-0.05, 0) is 99.4 Å². The van der Waals surface area contributed by atoms with Gasteiger partial charge in [0.15, 0.2) is 6.10 Å². The van der Waals surface area contributed by atoms with Crippen LogP contribution >= 0.6 is 0 Å². The molecule has 0 radical (unpaired) electrons. The zero-order valence-electron chi connectivity index (χ0n) is 43.8. The summed E-state index contributed by atoms with van der Waals surface area (Å²) in [5.74, 6) is -4.29. The van der Waals surface area contributed by atoms with E-state index >= 15 is 0 Å². The number of nitrogens with one attached hydrogen (secondary N) is 1. The van der Waals surface area contributed by atoms with E-state index in [0.29, 0.717) is 71.6 Å². The van der Waals surface area contributed by atoms with Crippen LogP contribution in [0.3, 0.4) is 0 Å². The number of hydrogen-bond donors (Lipinski definition) is 1. The number of amides is 2. The molecule has 1 heterocycles. The van der Waals surface area contributed by atoms with E-state index in [0.717, 1.165) is 0 Å². The van der Waals surface area contributed by atoms with Gasteiger partial charge in [-0.15, -0.1) is 0 Å². The van der Waals surface area contributed by atoms with E-state index in [2.05, 4.69) is 25.1 Å². The van der Waals surface area contributed by atoms with Crippen molar-refractivity contribution in [2.24, 2.45) is 0 Å². The van der Waals surface area contributed by atoms with E-state index in [1.807, 2.05) is 41.5 Å². The lowest BCUT2D eigenvalue weighted by atomic mass is 10.0. The van der Waals surface area contributed by atoms with Crippen molar-refractivity contribution in [1.82, 2.24) is 10.2 Å². The molecule has 0 aliphatic carbocycles. The first-order valence-corrected chi connectivity index (χ1v) is 28.0. The molecule has 73 heavy (non-hydrogen) atoms. The highest BCUT2D eigenvalue weighted by Gasteiger charge is 2.57. The first kappa shape index (κ1) is 63.3. The van der Waals surface area contributed by atoms with Gasteiger partial charge in [-0.25, -0.2) is 24.0 Å². The second-order valence-corrected chi connectivity index (χ2v) is 21.4. The second kappa shape index (κ2) is 33.1. The lowest BCUT2D eigenvalue weighted by Crippen LogP contribution is -2.69. The standard InChI is InChI=1S/C28H41NO10Si.C23H33NO8Si/c1-8-36-40(37-9-2,38-10-3)17-13-16-29-25(30)23-14-11-12-15-24(23)28(33)39-22(18-34-26(31)20(4)5)19-35-27(32)21(6)7;1-6-30-33(31-7-2,32-8-3)20-13-14-24(20)21(25)18-11-9-10-12-19(18)23(27)29-16-15-28-22(26)17(4)5/h11-12,14-15,22H,4,6,8-10,13,16-19H2,1-3,5,7H3,(H,29,30);9-12,20H,4,6-8,13-16H2,1-3,5H3. The summed E-state index contributed by atoms with van der Waals surface area (Å²) >= 11 is 0. The Balaban J connectivity index is 0.000000509. The van der Waals surface area contributed by atoms with Crippen LogP contribution in [0.25, 0.3) is 0 Å². The molecule has 1 atom stereocenters. The van der Waals surface area contributed by atoms with Gasteiger partial charge >= 0.3 is 47.5 Å². The third-order valence-corrected chi connectivity index (χ3v) is 16.8. The van der Waals surface area contributed by atoms with Gasteiger partial charge in [0.05, 0.1) is 22.3 Å². The van der Waals surface area contributed by atoms with Gasteiger partial charge < -0.3 is 60.5 Å². The van der Waals surface area contributed by atoms with E-state index < -0.39 is 59.5 Å². The van der Waals surface area contributed by atoms with Crippen molar-refractivity contribution in [1.29, 1.82) is 0 Å². The highest BCUT2D eigenvalue weighted by atomic mass is 28.4. The summed E-state index contributed by atoms with van der Waals surface area (Å²) in [6.07, 6.45) is 0.0945. The van der Waals surface area contributed by atoms with E-state index in [1.54, 1.807) is 35.2 Å². The third-order valence-electron chi connectivity index (χ3n) is 10.2. The van der Waals surface area contributed by atoms with Crippen molar-refractivity contribution in [2.75, 3.05) is 79.2 Å². The molecule has 1 aliphatic rings. The van der Waals surface area contributed by atoms with Gasteiger partial charge in [-0.3, -0.25) is 9.59 Å². The molecule has 20 nitrogen and oxygen atoms in total. The minimum absolute atomic E-state index is 0.0101. The minimum atomic E-state index is -3.13. The van der Waals surface area contributed by atoms with Crippen LogP contribution < -0.4 is 5.32 Å². The molecule has 1 unspecified atom stereocenters. The van der Waals surface area contributed by atoms with E-state index in [-0.39, 0.29) is 77.0 Å². The molecule has 404 valence electrons. The maximum absolute atomic E-state index is 13.4. The number of rotatable bonds is 32. The zero-order chi connectivity index (χ0) is 54.6. The number of nitrogens with zero attached hydrogens (tertiary/aromatic N) is 1. The average molecular weight is 1060 g/mol. The molecule has 3 rings (SSSR count). The SMILES string of the molecule is C=C(C)C(=O)OCC(COC(=O)C(=C)C)OC(=O)c1ccccc1C(=O)NCCC[Si](OCC)(OCC)OCC.C=C(C)C(=O)OCCOC(=O)c1ccccc1C(=O)N1CCC1[Si](OCC)(OCC)OCC. The number of carbonyl (C=O) groups excluding carboxylic acids is 7. The van der Waals surface area contributed by atoms with Gasteiger partial charge in [0.25, 0.3) is 11.8 Å².